The number of hydrogen-bond acceptors (Lipinski definition) is 5. The number of alkyl halides is 3. The quantitative estimate of drug-likeness (QED) is 0.756. The van der Waals surface area contributed by atoms with Crippen LogP contribution in [0.25, 0.3) is 0 Å². The summed E-state index contributed by atoms with van der Waals surface area (Å²) in [5.41, 5.74) is 2.38. The van der Waals surface area contributed by atoms with E-state index in [0.29, 0.717) is 0 Å². The van der Waals surface area contributed by atoms with E-state index in [1.54, 1.807) is 11.3 Å². The van der Waals surface area contributed by atoms with E-state index in [1.165, 1.54) is 10.6 Å². The first-order valence-corrected chi connectivity index (χ1v) is 9.68. The van der Waals surface area contributed by atoms with E-state index >= 15 is 0 Å². The molecular formula is C19H20F3N3O3S. The topological polar surface area (TPSA) is 73.7 Å². The van der Waals surface area contributed by atoms with Crippen LogP contribution in [0.2, 0.25) is 0 Å². The third-order valence-corrected chi connectivity index (χ3v) is 6.06. The van der Waals surface area contributed by atoms with Gasteiger partial charge in [0.2, 0.25) is 0 Å². The van der Waals surface area contributed by atoms with Crippen molar-refractivity contribution in [3.05, 3.63) is 45.9 Å². The second-order valence-corrected chi connectivity index (χ2v) is 8.49. The molecule has 29 heavy (non-hydrogen) atoms. The maximum Gasteiger partial charge on any atom is 0.490 e. The zero-order valence-corrected chi connectivity index (χ0v) is 16.7. The van der Waals surface area contributed by atoms with Gasteiger partial charge in [0, 0.05) is 37.8 Å². The average molecular weight is 427 g/mol. The molecule has 1 amide bonds. The fourth-order valence-corrected chi connectivity index (χ4v) is 4.64. The first-order chi connectivity index (χ1) is 13.5. The number of hydrogen-bond donors (Lipinski definition) is 1. The first-order valence-electron chi connectivity index (χ1n) is 8.86. The number of aryl methyl sites for hydroxylation is 1. The number of carbonyl (C=O) groups is 2. The summed E-state index contributed by atoms with van der Waals surface area (Å²) >= 11 is 1.58. The molecule has 6 nitrogen and oxygen atoms in total. The monoisotopic (exact) mass is 427 g/mol. The van der Waals surface area contributed by atoms with Crippen molar-refractivity contribution in [3.8, 4) is 0 Å². The molecule has 4 heterocycles. The smallest absolute Gasteiger partial charge is 0.475 e. The Hall–Kier alpha value is -2.62. The summed E-state index contributed by atoms with van der Waals surface area (Å²) in [6, 6.07) is 8.08. The molecule has 2 aliphatic heterocycles. The highest BCUT2D eigenvalue weighted by Gasteiger charge is 2.48. The lowest BCUT2D eigenvalue weighted by atomic mass is 9.85. The van der Waals surface area contributed by atoms with Gasteiger partial charge in [0.1, 0.15) is 0 Å². The van der Waals surface area contributed by atoms with E-state index in [1.807, 2.05) is 36.2 Å². The van der Waals surface area contributed by atoms with Gasteiger partial charge in [-0.1, -0.05) is 0 Å². The number of carboxylic acids is 1. The number of nitrogens with zero attached hydrogens (tertiary/aromatic N) is 3. The van der Waals surface area contributed by atoms with E-state index in [9.17, 15) is 18.0 Å². The lowest BCUT2D eigenvalue weighted by Crippen LogP contribution is -2.37. The highest BCUT2D eigenvalue weighted by molar-refractivity contribution is 7.13. The maximum absolute atomic E-state index is 12.7. The van der Waals surface area contributed by atoms with Crippen molar-refractivity contribution in [3.63, 3.8) is 0 Å². The van der Waals surface area contributed by atoms with Crippen LogP contribution in [-0.4, -0.2) is 59.7 Å². The molecule has 1 N–H and O–H groups in total. The van der Waals surface area contributed by atoms with Crippen LogP contribution < -0.4 is 4.90 Å². The van der Waals surface area contributed by atoms with Crippen LogP contribution in [0.15, 0.2) is 30.5 Å². The zero-order chi connectivity index (χ0) is 21.4. The van der Waals surface area contributed by atoms with Gasteiger partial charge in [0.05, 0.1) is 21.7 Å². The maximum atomic E-state index is 12.7. The van der Waals surface area contributed by atoms with Gasteiger partial charge < -0.3 is 14.9 Å². The highest BCUT2D eigenvalue weighted by Crippen LogP contribution is 2.44. The van der Waals surface area contributed by atoms with Crippen LogP contribution in [0.4, 0.5) is 18.9 Å². The predicted octanol–water partition coefficient (Wildman–Crippen LogP) is 3.32. The van der Waals surface area contributed by atoms with Crippen molar-refractivity contribution in [2.24, 2.45) is 0 Å². The van der Waals surface area contributed by atoms with Crippen molar-refractivity contribution in [1.82, 2.24) is 9.88 Å². The van der Waals surface area contributed by atoms with Gasteiger partial charge in [-0.15, -0.1) is 11.3 Å². The van der Waals surface area contributed by atoms with Crippen molar-refractivity contribution in [1.29, 1.82) is 0 Å². The largest absolute Gasteiger partial charge is 0.490 e. The summed E-state index contributed by atoms with van der Waals surface area (Å²) in [5, 5.41) is 7.12. The molecule has 0 aliphatic carbocycles. The summed E-state index contributed by atoms with van der Waals surface area (Å²) in [6.07, 6.45) is -2.22. The van der Waals surface area contributed by atoms with Crippen LogP contribution in [-0.2, 0) is 10.2 Å². The van der Waals surface area contributed by atoms with E-state index in [2.05, 4.69) is 23.0 Å². The van der Waals surface area contributed by atoms with E-state index in [0.717, 1.165) is 36.6 Å². The molecule has 1 unspecified atom stereocenters. The Labute approximate surface area is 169 Å². The summed E-state index contributed by atoms with van der Waals surface area (Å²) in [6.45, 7) is 4.59. The van der Waals surface area contributed by atoms with Crippen LogP contribution >= 0.6 is 11.3 Å². The first kappa shape index (κ1) is 21.1. The van der Waals surface area contributed by atoms with Gasteiger partial charge in [0.15, 0.2) is 0 Å². The summed E-state index contributed by atoms with van der Waals surface area (Å²) in [4.78, 5) is 32.5. The van der Waals surface area contributed by atoms with Crippen molar-refractivity contribution >= 4 is 28.9 Å². The molecule has 0 radical (unpaired) electrons. The van der Waals surface area contributed by atoms with Gasteiger partial charge in [-0.3, -0.25) is 9.78 Å². The molecule has 2 aromatic heterocycles. The average Bonchev–Trinajstić information content (AvgIpc) is 3.34. The van der Waals surface area contributed by atoms with E-state index < -0.39 is 12.1 Å². The number of pyridine rings is 1. The second kappa shape index (κ2) is 7.66. The number of likely N-dealkylation sites (N-methyl/N-ethyl adjacent to an activating group) is 1. The van der Waals surface area contributed by atoms with E-state index in [-0.39, 0.29) is 11.3 Å². The van der Waals surface area contributed by atoms with Crippen LogP contribution in [0.1, 0.15) is 26.7 Å². The number of carbonyl (C=O) groups excluding carboxylic acids is 1. The van der Waals surface area contributed by atoms with Gasteiger partial charge >= 0.3 is 12.1 Å². The van der Waals surface area contributed by atoms with Crippen molar-refractivity contribution in [2.45, 2.75) is 24.9 Å². The fourth-order valence-electron chi connectivity index (χ4n) is 3.80. The fraction of sp³-hybridized carbons (Fsp3) is 0.421. The summed E-state index contributed by atoms with van der Waals surface area (Å²) < 4.78 is 31.7. The SMILES string of the molecule is Cc1ccc(C(=O)N2CCC3(C2)CN(C)c2cccnc23)s1.O=C(O)C(F)(F)F. The third-order valence-electron chi connectivity index (χ3n) is 5.07. The third kappa shape index (κ3) is 4.21. The number of fused-ring (bicyclic) bond motifs is 2. The highest BCUT2D eigenvalue weighted by atomic mass is 32.1. The lowest BCUT2D eigenvalue weighted by molar-refractivity contribution is -0.192. The Morgan fingerprint density at radius 3 is 2.52 bits per heavy atom. The number of likely N-dealkylation sites (tertiary alicyclic amines) is 1. The van der Waals surface area contributed by atoms with Crippen molar-refractivity contribution < 1.29 is 27.9 Å². The second-order valence-electron chi connectivity index (χ2n) is 7.20. The van der Waals surface area contributed by atoms with Gasteiger partial charge in [-0.2, -0.15) is 13.2 Å². The molecule has 1 fully saturated rings. The number of anilines is 1. The molecule has 0 bridgehead atoms. The number of amides is 1. The minimum absolute atomic E-state index is 0.00725. The number of rotatable bonds is 1. The van der Waals surface area contributed by atoms with Gasteiger partial charge in [0.25, 0.3) is 5.91 Å². The molecule has 4 rings (SSSR count). The molecule has 1 saturated heterocycles. The standard InChI is InChI=1S/C17H19N3OS.C2HF3O2/c1-12-5-6-14(22-12)16(21)20-9-7-17(11-20)10-19(2)13-4-3-8-18-15(13)17;3-2(4,5)1(6)7/h3-6,8H,7,9-11H2,1-2H3;(H,6,7). The van der Waals surface area contributed by atoms with Crippen LogP contribution in [0.3, 0.4) is 0 Å². The molecule has 10 heteroatoms. The molecule has 156 valence electrons. The molecule has 0 aromatic carbocycles. The minimum Gasteiger partial charge on any atom is -0.475 e. The molecule has 2 aromatic rings. The number of halogens is 3. The van der Waals surface area contributed by atoms with Gasteiger partial charge in [-0.25, -0.2) is 4.79 Å². The normalized spacial score (nSPS) is 20.4. The Bertz CT molecular complexity index is 931. The zero-order valence-electron chi connectivity index (χ0n) is 15.9. The molecular weight excluding hydrogens is 407 g/mol. The Morgan fingerprint density at radius 1 is 1.24 bits per heavy atom. The molecule has 2 aliphatic rings. The lowest BCUT2D eigenvalue weighted by Gasteiger charge is -2.24. The van der Waals surface area contributed by atoms with Crippen LogP contribution in [0.5, 0.6) is 0 Å². The Kier molecular flexibility index (Phi) is 5.57. The number of thiophene rings is 1. The summed E-state index contributed by atoms with van der Waals surface area (Å²) in [5.74, 6) is -2.59. The number of aliphatic carboxylic acids is 1. The molecule has 1 atom stereocenters. The molecule has 0 saturated carbocycles. The predicted molar refractivity (Wildman–Crippen MR) is 102 cm³/mol. The molecule has 1 spiro atoms. The number of carboxylic acid groups (broad SMARTS) is 1. The Balaban J connectivity index is 0.000000298. The Morgan fingerprint density at radius 2 is 1.93 bits per heavy atom. The number of aromatic nitrogens is 1. The van der Waals surface area contributed by atoms with E-state index in [4.69, 9.17) is 9.90 Å². The minimum atomic E-state index is -5.08. The summed E-state index contributed by atoms with van der Waals surface area (Å²) in [7, 11) is 2.11. The van der Waals surface area contributed by atoms with Gasteiger partial charge in [-0.05, 0) is 37.6 Å². The van der Waals surface area contributed by atoms with Crippen LogP contribution in [0, 0.1) is 6.92 Å². The van der Waals surface area contributed by atoms with Crippen molar-refractivity contribution in [2.75, 3.05) is 31.6 Å².